The van der Waals surface area contributed by atoms with Crippen molar-refractivity contribution < 1.29 is 9.53 Å². The summed E-state index contributed by atoms with van der Waals surface area (Å²) in [6, 6.07) is 5.49. The summed E-state index contributed by atoms with van der Waals surface area (Å²) in [6.07, 6.45) is 0. The first-order valence-corrected chi connectivity index (χ1v) is 6.03. The summed E-state index contributed by atoms with van der Waals surface area (Å²) in [7, 11) is 3.17. The van der Waals surface area contributed by atoms with Crippen molar-refractivity contribution in [3.05, 3.63) is 28.2 Å². The summed E-state index contributed by atoms with van der Waals surface area (Å²) in [5.41, 5.74) is 7.18. The van der Waals surface area contributed by atoms with Gasteiger partial charge in [-0.15, -0.1) is 0 Å². The van der Waals surface area contributed by atoms with E-state index in [4.69, 9.17) is 18.0 Å². The lowest BCUT2D eigenvalue weighted by atomic mass is 10.2. The minimum atomic E-state index is -0.294. The highest BCUT2D eigenvalue weighted by Crippen LogP contribution is 2.26. The first-order valence-electron chi connectivity index (χ1n) is 4.83. The molecule has 4 nitrogen and oxygen atoms in total. The number of ether oxygens (including phenoxy) is 1. The van der Waals surface area contributed by atoms with Crippen LogP contribution in [-0.2, 0) is 9.53 Å². The van der Waals surface area contributed by atoms with E-state index >= 15 is 0 Å². The highest BCUT2D eigenvalue weighted by Gasteiger charge is 2.11. The lowest BCUT2D eigenvalue weighted by molar-refractivity contribution is -0.138. The standard InChI is InChI=1S/C11H13BrN2O2S/c1-14(6-10(15)16-2)9-4-3-7(11(13)17)5-8(9)12/h3-5H,6H2,1-2H3,(H2,13,17). The molecule has 0 atom stereocenters. The monoisotopic (exact) mass is 316 g/mol. The van der Waals surface area contributed by atoms with Gasteiger partial charge in [0.1, 0.15) is 11.5 Å². The van der Waals surface area contributed by atoms with E-state index < -0.39 is 0 Å². The van der Waals surface area contributed by atoms with Crippen molar-refractivity contribution in [1.29, 1.82) is 0 Å². The van der Waals surface area contributed by atoms with E-state index in [0.717, 1.165) is 15.7 Å². The number of halogens is 1. The first-order chi connectivity index (χ1) is 7.95. The quantitative estimate of drug-likeness (QED) is 0.676. The van der Waals surface area contributed by atoms with Gasteiger partial charge in [0.15, 0.2) is 0 Å². The number of hydrogen-bond acceptors (Lipinski definition) is 4. The van der Waals surface area contributed by atoms with Crippen molar-refractivity contribution >= 4 is 44.8 Å². The average Bonchev–Trinajstić information content (AvgIpc) is 2.28. The Balaban J connectivity index is 2.92. The molecule has 0 saturated carbocycles. The van der Waals surface area contributed by atoms with Crippen LogP contribution in [0.1, 0.15) is 5.56 Å². The Kier molecular flexibility index (Phi) is 4.89. The molecular formula is C11H13BrN2O2S. The predicted octanol–water partition coefficient (Wildman–Crippen LogP) is 1.69. The van der Waals surface area contributed by atoms with Crippen LogP contribution in [0.15, 0.2) is 22.7 Å². The highest BCUT2D eigenvalue weighted by atomic mass is 79.9. The fourth-order valence-electron chi connectivity index (χ4n) is 1.31. The van der Waals surface area contributed by atoms with Crippen molar-refractivity contribution in [2.24, 2.45) is 5.73 Å². The maximum Gasteiger partial charge on any atom is 0.325 e. The summed E-state index contributed by atoms with van der Waals surface area (Å²) in [5, 5.41) is 0. The fourth-order valence-corrected chi connectivity index (χ4v) is 2.12. The smallest absolute Gasteiger partial charge is 0.325 e. The summed E-state index contributed by atoms with van der Waals surface area (Å²) < 4.78 is 5.44. The molecule has 0 heterocycles. The number of benzene rings is 1. The molecule has 1 rings (SSSR count). The van der Waals surface area contributed by atoms with E-state index in [9.17, 15) is 4.79 Å². The van der Waals surface area contributed by atoms with Crippen LogP contribution in [0.5, 0.6) is 0 Å². The molecule has 0 aliphatic carbocycles. The fraction of sp³-hybridized carbons (Fsp3) is 0.273. The Hall–Kier alpha value is -1.14. The molecule has 0 fully saturated rings. The van der Waals surface area contributed by atoms with Gasteiger partial charge in [0.2, 0.25) is 0 Å². The van der Waals surface area contributed by atoms with Crippen molar-refractivity contribution in [3.63, 3.8) is 0 Å². The molecule has 0 bridgehead atoms. The van der Waals surface area contributed by atoms with E-state index in [1.54, 1.807) is 11.9 Å². The molecule has 0 saturated heterocycles. The third-order valence-corrected chi connectivity index (χ3v) is 3.11. The number of rotatable bonds is 4. The second-order valence-electron chi connectivity index (χ2n) is 3.46. The zero-order valence-corrected chi connectivity index (χ0v) is 12.0. The summed E-state index contributed by atoms with van der Waals surface area (Å²) in [5.74, 6) is -0.294. The van der Waals surface area contributed by atoms with Crippen molar-refractivity contribution in [2.75, 3.05) is 25.6 Å². The van der Waals surface area contributed by atoms with Crippen LogP contribution >= 0.6 is 28.1 Å². The molecule has 0 aliphatic heterocycles. The Morgan fingerprint density at radius 1 is 1.59 bits per heavy atom. The number of esters is 1. The largest absolute Gasteiger partial charge is 0.468 e. The lowest BCUT2D eigenvalue weighted by Gasteiger charge is -2.19. The van der Waals surface area contributed by atoms with E-state index in [0.29, 0.717) is 4.99 Å². The molecule has 0 aromatic heterocycles. The highest BCUT2D eigenvalue weighted by molar-refractivity contribution is 9.10. The van der Waals surface area contributed by atoms with Gasteiger partial charge in [-0.25, -0.2) is 0 Å². The Morgan fingerprint density at radius 2 is 2.24 bits per heavy atom. The molecule has 92 valence electrons. The molecule has 0 radical (unpaired) electrons. The zero-order chi connectivity index (χ0) is 13.0. The predicted molar refractivity (Wildman–Crippen MR) is 75.3 cm³/mol. The molecule has 17 heavy (non-hydrogen) atoms. The summed E-state index contributed by atoms with van der Waals surface area (Å²) in [6.45, 7) is 0.182. The van der Waals surface area contributed by atoms with Crippen LogP contribution in [0.3, 0.4) is 0 Å². The number of hydrogen-bond donors (Lipinski definition) is 1. The number of likely N-dealkylation sites (N-methyl/N-ethyl adjacent to an activating group) is 1. The van der Waals surface area contributed by atoms with Crippen LogP contribution < -0.4 is 10.6 Å². The lowest BCUT2D eigenvalue weighted by Crippen LogP contribution is -2.26. The van der Waals surface area contributed by atoms with Gasteiger partial charge in [0.25, 0.3) is 0 Å². The molecule has 0 amide bonds. The number of nitrogens with two attached hydrogens (primary N) is 1. The van der Waals surface area contributed by atoms with Crippen molar-refractivity contribution in [2.45, 2.75) is 0 Å². The van der Waals surface area contributed by atoms with Crippen molar-refractivity contribution in [1.82, 2.24) is 0 Å². The number of anilines is 1. The van der Waals surface area contributed by atoms with E-state index in [1.165, 1.54) is 7.11 Å². The normalized spacial score (nSPS) is 9.82. The minimum Gasteiger partial charge on any atom is -0.468 e. The van der Waals surface area contributed by atoms with Crippen LogP contribution in [0.2, 0.25) is 0 Å². The molecule has 1 aromatic rings. The Morgan fingerprint density at radius 3 is 2.71 bits per heavy atom. The van der Waals surface area contributed by atoms with Gasteiger partial charge in [-0.2, -0.15) is 0 Å². The number of thiocarbonyl (C=S) groups is 1. The van der Waals surface area contributed by atoms with Crippen LogP contribution in [-0.4, -0.2) is 31.7 Å². The second kappa shape index (κ2) is 5.97. The molecule has 1 aromatic carbocycles. The van der Waals surface area contributed by atoms with Crippen LogP contribution in [0, 0.1) is 0 Å². The number of carbonyl (C=O) groups is 1. The van der Waals surface area contributed by atoms with Crippen molar-refractivity contribution in [3.8, 4) is 0 Å². The number of methoxy groups -OCH3 is 1. The molecule has 2 N–H and O–H groups in total. The third-order valence-electron chi connectivity index (χ3n) is 2.24. The zero-order valence-electron chi connectivity index (χ0n) is 9.57. The van der Waals surface area contributed by atoms with Crippen LogP contribution in [0.4, 0.5) is 5.69 Å². The molecule has 0 spiro atoms. The topological polar surface area (TPSA) is 55.6 Å². The first kappa shape index (κ1) is 13.9. The maximum atomic E-state index is 11.2. The van der Waals surface area contributed by atoms with Gasteiger partial charge in [0, 0.05) is 17.1 Å². The number of carbonyl (C=O) groups excluding carboxylic acids is 1. The SMILES string of the molecule is COC(=O)CN(C)c1ccc(C(N)=S)cc1Br. The minimum absolute atomic E-state index is 0.182. The van der Waals surface area contributed by atoms with E-state index in [-0.39, 0.29) is 12.5 Å². The Labute approximate surface area is 114 Å². The summed E-state index contributed by atoms with van der Waals surface area (Å²) >= 11 is 8.31. The molecule has 0 aliphatic rings. The summed E-state index contributed by atoms with van der Waals surface area (Å²) in [4.78, 5) is 13.3. The van der Waals surface area contributed by atoms with E-state index in [1.807, 2.05) is 18.2 Å². The van der Waals surface area contributed by atoms with Gasteiger partial charge in [-0.05, 0) is 34.1 Å². The average molecular weight is 317 g/mol. The Bertz CT molecular complexity index is 451. The van der Waals surface area contributed by atoms with E-state index in [2.05, 4.69) is 20.7 Å². The van der Waals surface area contributed by atoms with Gasteiger partial charge in [-0.3, -0.25) is 4.79 Å². The van der Waals surface area contributed by atoms with Gasteiger partial charge < -0.3 is 15.4 Å². The van der Waals surface area contributed by atoms with Gasteiger partial charge >= 0.3 is 5.97 Å². The van der Waals surface area contributed by atoms with Gasteiger partial charge in [-0.1, -0.05) is 12.2 Å². The third kappa shape index (κ3) is 3.67. The molecular weight excluding hydrogens is 304 g/mol. The molecule has 0 unspecified atom stereocenters. The maximum absolute atomic E-state index is 11.2. The number of nitrogens with zero attached hydrogens (tertiary/aromatic N) is 1. The molecule has 6 heteroatoms. The second-order valence-corrected chi connectivity index (χ2v) is 4.76. The van der Waals surface area contributed by atoms with Gasteiger partial charge in [0.05, 0.1) is 12.8 Å². The van der Waals surface area contributed by atoms with Crippen LogP contribution in [0.25, 0.3) is 0 Å².